The molecule has 0 aromatic heterocycles. The monoisotopic (exact) mass is 291 g/mol. The molecule has 21 heavy (non-hydrogen) atoms. The molecule has 2 N–H and O–H groups in total. The molecule has 0 heterocycles. The third-order valence-electron chi connectivity index (χ3n) is 4.26. The van der Waals surface area contributed by atoms with Crippen LogP contribution < -0.4 is 0 Å². The van der Waals surface area contributed by atoms with Crippen LogP contribution in [0.5, 0.6) is 0 Å². The molecular weight excluding hydrogens is 266 g/mol. The largest absolute Gasteiger partial charge is 0.478 e. The molecule has 1 aliphatic carbocycles. The maximum Gasteiger partial charge on any atom is 0.335 e. The van der Waals surface area contributed by atoms with E-state index in [1.165, 1.54) is 25.7 Å². The predicted octanol–water partition coefficient (Wildman–Crippen LogP) is 2.76. The minimum Gasteiger partial charge on any atom is -0.478 e. The number of aliphatic hydroxyl groups excluding tert-OH is 1. The number of likely N-dealkylation sites (N-methyl/N-ethyl adjacent to an activating group) is 1. The van der Waals surface area contributed by atoms with E-state index in [2.05, 4.69) is 4.90 Å². The van der Waals surface area contributed by atoms with E-state index in [9.17, 15) is 9.90 Å². The number of hydrogen-bond donors (Lipinski definition) is 2. The van der Waals surface area contributed by atoms with Crippen molar-refractivity contribution in [1.82, 2.24) is 4.90 Å². The number of hydrogen-bond acceptors (Lipinski definition) is 3. The Balaban J connectivity index is 1.77. The van der Waals surface area contributed by atoms with Gasteiger partial charge >= 0.3 is 5.97 Å². The Kier molecular flexibility index (Phi) is 5.76. The first-order valence-corrected chi connectivity index (χ1v) is 7.73. The second-order valence-corrected chi connectivity index (χ2v) is 6.24. The van der Waals surface area contributed by atoms with Crippen molar-refractivity contribution >= 4 is 5.97 Å². The van der Waals surface area contributed by atoms with Crippen LogP contribution in [0.15, 0.2) is 24.3 Å². The summed E-state index contributed by atoms with van der Waals surface area (Å²) in [5.41, 5.74) is 1.37. The summed E-state index contributed by atoms with van der Waals surface area (Å²) in [5.74, 6) is -0.204. The van der Waals surface area contributed by atoms with Crippen molar-refractivity contribution in [3.8, 4) is 0 Å². The predicted molar refractivity (Wildman–Crippen MR) is 82.3 cm³/mol. The fourth-order valence-electron chi connectivity index (χ4n) is 3.19. The molecule has 116 valence electrons. The fraction of sp³-hybridized carbons (Fsp3) is 0.588. The van der Waals surface area contributed by atoms with Crippen molar-refractivity contribution in [2.24, 2.45) is 5.92 Å². The van der Waals surface area contributed by atoms with Crippen molar-refractivity contribution < 1.29 is 15.0 Å². The average Bonchev–Trinajstić information content (AvgIpc) is 2.91. The third-order valence-corrected chi connectivity index (χ3v) is 4.26. The van der Waals surface area contributed by atoms with Crippen molar-refractivity contribution in [3.63, 3.8) is 0 Å². The van der Waals surface area contributed by atoms with Gasteiger partial charge in [-0.25, -0.2) is 4.79 Å². The normalized spacial score (nSPS) is 17.3. The number of nitrogens with zero attached hydrogens (tertiary/aromatic N) is 1. The molecule has 1 unspecified atom stereocenters. The quantitative estimate of drug-likeness (QED) is 0.811. The highest BCUT2D eigenvalue weighted by molar-refractivity contribution is 5.87. The van der Waals surface area contributed by atoms with Gasteiger partial charge in [-0.05, 0) is 37.1 Å². The van der Waals surface area contributed by atoms with E-state index in [1.54, 1.807) is 12.1 Å². The lowest BCUT2D eigenvalue weighted by Crippen LogP contribution is -2.30. The van der Waals surface area contributed by atoms with Gasteiger partial charge in [0.15, 0.2) is 0 Å². The van der Waals surface area contributed by atoms with Gasteiger partial charge in [0.05, 0.1) is 11.7 Å². The molecule has 1 aliphatic rings. The van der Waals surface area contributed by atoms with Crippen LogP contribution in [0.4, 0.5) is 0 Å². The molecule has 0 aliphatic heterocycles. The number of aromatic carboxylic acids is 1. The van der Waals surface area contributed by atoms with Crippen LogP contribution >= 0.6 is 0 Å². The van der Waals surface area contributed by atoms with Crippen LogP contribution in [0.25, 0.3) is 0 Å². The molecule has 0 bridgehead atoms. The van der Waals surface area contributed by atoms with E-state index in [1.807, 2.05) is 19.2 Å². The summed E-state index contributed by atoms with van der Waals surface area (Å²) in [5, 5.41) is 19.0. The van der Waals surface area contributed by atoms with E-state index >= 15 is 0 Å². The Morgan fingerprint density at radius 1 is 1.29 bits per heavy atom. The van der Waals surface area contributed by atoms with Gasteiger partial charge in [-0.3, -0.25) is 4.90 Å². The molecule has 1 atom stereocenters. The smallest absolute Gasteiger partial charge is 0.335 e. The Hall–Kier alpha value is -1.39. The fourth-order valence-corrected chi connectivity index (χ4v) is 3.19. The maximum atomic E-state index is 10.8. The van der Waals surface area contributed by atoms with E-state index in [4.69, 9.17) is 5.11 Å². The first kappa shape index (κ1) is 16.0. The minimum atomic E-state index is -0.901. The Morgan fingerprint density at radius 3 is 2.48 bits per heavy atom. The lowest BCUT2D eigenvalue weighted by atomic mass is 10.00. The van der Waals surface area contributed by atoms with Gasteiger partial charge < -0.3 is 10.2 Å². The number of carbonyl (C=O) groups is 1. The van der Waals surface area contributed by atoms with E-state index in [-0.39, 0.29) is 6.10 Å². The van der Waals surface area contributed by atoms with Crippen LogP contribution in [0, 0.1) is 5.92 Å². The van der Waals surface area contributed by atoms with Crippen molar-refractivity contribution in [1.29, 1.82) is 0 Å². The Bertz CT molecular complexity index is 452. The average molecular weight is 291 g/mol. The van der Waals surface area contributed by atoms with Crippen molar-refractivity contribution in [2.45, 2.75) is 44.8 Å². The van der Waals surface area contributed by atoms with E-state index in [0.717, 1.165) is 18.5 Å². The molecule has 0 radical (unpaired) electrons. The summed E-state index contributed by atoms with van der Waals surface area (Å²) in [6.45, 7) is 1.39. The van der Waals surface area contributed by atoms with Gasteiger partial charge in [-0.1, -0.05) is 37.8 Å². The first-order chi connectivity index (χ1) is 10.0. The molecule has 0 amide bonds. The van der Waals surface area contributed by atoms with Gasteiger partial charge in [0.1, 0.15) is 0 Å². The molecule has 2 rings (SSSR count). The number of carboxylic acids is 1. The molecule has 4 nitrogen and oxygen atoms in total. The Morgan fingerprint density at radius 2 is 1.90 bits per heavy atom. The highest BCUT2D eigenvalue weighted by Crippen LogP contribution is 2.28. The maximum absolute atomic E-state index is 10.8. The molecule has 1 fully saturated rings. The molecule has 4 heteroatoms. The second kappa shape index (κ2) is 7.57. The number of aliphatic hydroxyl groups is 1. The summed E-state index contributed by atoms with van der Waals surface area (Å²) in [7, 11) is 1.99. The summed E-state index contributed by atoms with van der Waals surface area (Å²) >= 11 is 0. The molecule has 1 aromatic carbocycles. The van der Waals surface area contributed by atoms with Crippen molar-refractivity contribution in [2.75, 3.05) is 13.6 Å². The highest BCUT2D eigenvalue weighted by atomic mass is 16.4. The van der Waals surface area contributed by atoms with Crippen LogP contribution in [0.1, 0.15) is 48.0 Å². The van der Waals surface area contributed by atoms with Crippen LogP contribution in [0.2, 0.25) is 0 Å². The van der Waals surface area contributed by atoms with Crippen LogP contribution in [0.3, 0.4) is 0 Å². The Labute approximate surface area is 126 Å². The summed E-state index contributed by atoms with van der Waals surface area (Å²) in [6, 6.07) is 6.92. The van der Waals surface area contributed by atoms with E-state index in [0.29, 0.717) is 18.0 Å². The number of rotatable bonds is 7. The standard InChI is InChI=1S/C17H25NO3/c1-18(12-16(19)10-13-4-2-3-5-13)11-14-6-8-15(9-7-14)17(20)21/h6-9,13,16,19H,2-5,10-12H2,1H3,(H,20,21). The molecular formula is C17H25NO3. The lowest BCUT2D eigenvalue weighted by Gasteiger charge is -2.22. The van der Waals surface area contributed by atoms with Gasteiger partial charge in [0.25, 0.3) is 0 Å². The summed E-state index contributed by atoms with van der Waals surface area (Å²) in [4.78, 5) is 12.9. The number of carboxylic acid groups (broad SMARTS) is 1. The zero-order chi connectivity index (χ0) is 15.2. The minimum absolute atomic E-state index is 0.267. The molecule has 0 saturated heterocycles. The summed E-state index contributed by atoms with van der Waals surface area (Å²) in [6.07, 6.45) is 5.78. The van der Waals surface area contributed by atoms with Gasteiger partial charge in [-0.15, -0.1) is 0 Å². The van der Waals surface area contributed by atoms with Gasteiger partial charge in [0.2, 0.25) is 0 Å². The van der Waals surface area contributed by atoms with Crippen LogP contribution in [-0.4, -0.2) is 40.8 Å². The number of benzene rings is 1. The van der Waals surface area contributed by atoms with E-state index < -0.39 is 5.97 Å². The van der Waals surface area contributed by atoms with Crippen LogP contribution in [-0.2, 0) is 6.54 Å². The van der Waals surface area contributed by atoms with Crippen molar-refractivity contribution in [3.05, 3.63) is 35.4 Å². The highest BCUT2D eigenvalue weighted by Gasteiger charge is 2.19. The molecule has 1 aromatic rings. The third kappa shape index (κ3) is 5.14. The zero-order valence-electron chi connectivity index (χ0n) is 12.7. The molecule has 1 saturated carbocycles. The first-order valence-electron chi connectivity index (χ1n) is 7.73. The molecule has 0 spiro atoms. The van der Waals surface area contributed by atoms with Gasteiger partial charge in [0, 0.05) is 13.1 Å². The topological polar surface area (TPSA) is 60.8 Å². The lowest BCUT2D eigenvalue weighted by molar-refractivity contribution is 0.0697. The SMILES string of the molecule is CN(Cc1ccc(C(=O)O)cc1)CC(O)CC1CCCC1. The van der Waals surface area contributed by atoms with Gasteiger partial charge in [-0.2, -0.15) is 0 Å². The second-order valence-electron chi connectivity index (χ2n) is 6.24. The zero-order valence-corrected chi connectivity index (χ0v) is 12.7. The summed E-state index contributed by atoms with van der Waals surface area (Å²) < 4.78 is 0.